The summed E-state index contributed by atoms with van der Waals surface area (Å²) in [6.45, 7) is 1.17. The topological polar surface area (TPSA) is 76.4 Å². The molecule has 2 rings (SSSR count). The van der Waals surface area contributed by atoms with Gasteiger partial charge in [-0.3, -0.25) is 9.69 Å². The fourth-order valence-corrected chi connectivity index (χ4v) is 2.37. The Labute approximate surface area is 112 Å². The van der Waals surface area contributed by atoms with Gasteiger partial charge in [-0.05, 0) is 31.5 Å². The van der Waals surface area contributed by atoms with E-state index in [1.165, 1.54) is 0 Å². The highest BCUT2D eigenvalue weighted by atomic mass is 16.3. The fourth-order valence-electron chi connectivity index (χ4n) is 2.37. The molecule has 0 spiro atoms. The van der Waals surface area contributed by atoms with E-state index in [-0.39, 0.29) is 25.1 Å². The molecule has 0 radical (unpaired) electrons. The molecule has 0 saturated carbocycles. The Bertz CT molecular complexity index is 496. The highest BCUT2D eigenvalue weighted by Crippen LogP contribution is 2.17. The van der Waals surface area contributed by atoms with E-state index >= 15 is 0 Å². The maximum Gasteiger partial charge on any atom is 0.238 e. The second kappa shape index (κ2) is 6.32. The number of carbonyl (C=O) groups excluding carboxylic acids is 1. The van der Waals surface area contributed by atoms with E-state index in [1.54, 1.807) is 24.3 Å². The van der Waals surface area contributed by atoms with Gasteiger partial charge >= 0.3 is 0 Å². The zero-order chi connectivity index (χ0) is 13.7. The van der Waals surface area contributed by atoms with Crippen molar-refractivity contribution in [1.29, 1.82) is 5.26 Å². The number of hydrogen-bond acceptors (Lipinski definition) is 4. The Morgan fingerprint density at radius 3 is 3.05 bits per heavy atom. The van der Waals surface area contributed by atoms with Gasteiger partial charge in [-0.15, -0.1) is 0 Å². The molecule has 100 valence electrons. The van der Waals surface area contributed by atoms with Crippen LogP contribution in [0.5, 0.6) is 0 Å². The second-order valence-electron chi connectivity index (χ2n) is 4.65. The first-order valence-corrected chi connectivity index (χ1v) is 6.38. The molecule has 0 bridgehead atoms. The van der Waals surface area contributed by atoms with Crippen LogP contribution < -0.4 is 5.32 Å². The van der Waals surface area contributed by atoms with Crippen molar-refractivity contribution >= 4 is 11.6 Å². The molecule has 2 N–H and O–H groups in total. The molecule has 1 amide bonds. The van der Waals surface area contributed by atoms with Crippen LogP contribution in [0.1, 0.15) is 18.4 Å². The maximum atomic E-state index is 12.0. The van der Waals surface area contributed by atoms with Gasteiger partial charge in [-0.1, -0.05) is 12.1 Å². The summed E-state index contributed by atoms with van der Waals surface area (Å²) in [5.74, 6) is -0.150. The smallest absolute Gasteiger partial charge is 0.238 e. The lowest BCUT2D eigenvalue weighted by Gasteiger charge is -2.21. The summed E-state index contributed by atoms with van der Waals surface area (Å²) >= 11 is 0. The molecule has 0 aromatic heterocycles. The van der Waals surface area contributed by atoms with E-state index in [2.05, 4.69) is 5.32 Å². The largest absolute Gasteiger partial charge is 0.395 e. The van der Waals surface area contributed by atoms with Crippen molar-refractivity contribution in [3.8, 4) is 6.07 Å². The average molecular weight is 259 g/mol. The molecule has 1 aromatic rings. The van der Waals surface area contributed by atoms with Crippen molar-refractivity contribution < 1.29 is 9.90 Å². The second-order valence-corrected chi connectivity index (χ2v) is 4.65. The zero-order valence-electron chi connectivity index (χ0n) is 10.7. The summed E-state index contributed by atoms with van der Waals surface area (Å²) in [5, 5.41) is 20.9. The molecular formula is C14H17N3O2. The van der Waals surface area contributed by atoms with Crippen LogP contribution in [0.2, 0.25) is 0 Å². The van der Waals surface area contributed by atoms with Gasteiger partial charge in [0.25, 0.3) is 0 Å². The van der Waals surface area contributed by atoms with Crippen LogP contribution >= 0.6 is 0 Å². The number of anilines is 1. The molecule has 5 nitrogen and oxygen atoms in total. The summed E-state index contributed by atoms with van der Waals surface area (Å²) in [7, 11) is 0. The van der Waals surface area contributed by atoms with Crippen molar-refractivity contribution in [2.24, 2.45) is 0 Å². The van der Waals surface area contributed by atoms with Gasteiger partial charge in [0.05, 0.1) is 24.4 Å². The lowest BCUT2D eigenvalue weighted by Crippen LogP contribution is -2.38. The number of nitrogens with zero attached hydrogens (tertiary/aromatic N) is 2. The summed E-state index contributed by atoms with van der Waals surface area (Å²) in [4.78, 5) is 13.9. The van der Waals surface area contributed by atoms with Crippen molar-refractivity contribution in [2.75, 3.05) is 25.0 Å². The molecule has 1 saturated heterocycles. The van der Waals surface area contributed by atoms with Crippen molar-refractivity contribution in [2.45, 2.75) is 18.9 Å². The van der Waals surface area contributed by atoms with E-state index in [4.69, 9.17) is 5.26 Å². The molecule has 5 heteroatoms. The standard InChI is InChI=1S/C14H17N3O2/c15-8-11-4-1-2-6-13(11)16-14(19)9-17-7-3-5-12(17)10-18/h1-2,4,6,12,18H,3,5,7,9-10H2,(H,16,19)/t12-/m1/s1. The van der Waals surface area contributed by atoms with Crippen LogP contribution in [0.15, 0.2) is 24.3 Å². The van der Waals surface area contributed by atoms with Gasteiger partial charge in [-0.2, -0.15) is 5.26 Å². The zero-order valence-corrected chi connectivity index (χ0v) is 10.7. The maximum absolute atomic E-state index is 12.0. The Hall–Kier alpha value is -1.90. The minimum absolute atomic E-state index is 0.0805. The van der Waals surface area contributed by atoms with E-state index in [0.29, 0.717) is 11.3 Å². The van der Waals surface area contributed by atoms with Gasteiger partial charge in [0.15, 0.2) is 0 Å². The number of carbonyl (C=O) groups is 1. The number of rotatable bonds is 4. The first-order valence-electron chi connectivity index (χ1n) is 6.38. The molecule has 1 heterocycles. The predicted octanol–water partition coefficient (Wildman–Crippen LogP) is 0.953. The number of hydrogen-bond donors (Lipinski definition) is 2. The first-order chi connectivity index (χ1) is 9.24. The number of para-hydroxylation sites is 1. The Balaban J connectivity index is 1.96. The van der Waals surface area contributed by atoms with Crippen molar-refractivity contribution in [3.05, 3.63) is 29.8 Å². The van der Waals surface area contributed by atoms with Crippen LogP contribution in [0, 0.1) is 11.3 Å². The minimum atomic E-state index is -0.150. The SMILES string of the molecule is N#Cc1ccccc1NC(=O)CN1CCC[C@@H]1CO. The molecule has 1 aliphatic heterocycles. The first kappa shape index (κ1) is 13.5. The van der Waals surface area contributed by atoms with E-state index in [1.807, 2.05) is 11.0 Å². The summed E-state index contributed by atoms with van der Waals surface area (Å²) in [6.07, 6.45) is 1.94. The van der Waals surface area contributed by atoms with Crippen LogP contribution in [-0.4, -0.2) is 41.7 Å². The summed E-state index contributed by atoms with van der Waals surface area (Å²) in [6, 6.07) is 9.05. The fraction of sp³-hybridized carbons (Fsp3) is 0.429. The van der Waals surface area contributed by atoms with Gasteiger partial charge < -0.3 is 10.4 Å². The van der Waals surface area contributed by atoms with Crippen LogP contribution in [0.4, 0.5) is 5.69 Å². The van der Waals surface area contributed by atoms with Gasteiger partial charge in [0, 0.05) is 6.04 Å². The van der Waals surface area contributed by atoms with Crippen molar-refractivity contribution in [1.82, 2.24) is 4.90 Å². The molecule has 1 atom stereocenters. The van der Waals surface area contributed by atoms with E-state index < -0.39 is 0 Å². The molecule has 0 aliphatic carbocycles. The molecule has 1 aliphatic rings. The quantitative estimate of drug-likeness (QED) is 0.844. The number of likely N-dealkylation sites (tertiary alicyclic amines) is 1. The minimum Gasteiger partial charge on any atom is -0.395 e. The third-order valence-electron chi connectivity index (χ3n) is 3.38. The number of amides is 1. The molecule has 1 aromatic carbocycles. The highest BCUT2D eigenvalue weighted by molar-refractivity contribution is 5.93. The lowest BCUT2D eigenvalue weighted by atomic mass is 10.2. The van der Waals surface area contributed by atoms with Gasteiger partial charge in [0.1, 0.15) is 6.07 Å². The van der Waals surface area contributed by atoms with Crippen LogP contribution in [-0.2, 0) is 4.79 Å². The number of aliphatic hydroxyl groups excluding tert-OH is 1. The Kier molecular flexibility index (Phi) is 4.50. The lowest BCUT2D eigenvalue weighted by molar-refractivity contribution is -0.117. The number of nitrogens with one attached hydrogen (secondary N) is 1. The number of aliphatic hydroxyl groups is 1. The Morgan fingerprint density at radius 1 is 1.53 bits per heavy atom. The summed E-state index contributed by atoms with van der Waals surface area (Å²) < 4.78 is 0. The van der Waals surface area contributed by atoms with Gasteiger partial charge in [-0.25, -0.2) is 0 Å². The number of benzene rings is 1. The highest BCUT2D eigenvalue weighted by Gasteiger charge is 2.25. The van der Waals surface area contributed by atoms with Crippen LogP contribution in [0.25, 0.3) is 0 Å². The predicted molar refractivity (Wildman–Crippen MR) is 71.5 cm³/mol. The monoisotopic (exact) mass is 259 g/mol. The van der Waals surface area contributed by atoms with Crippen LogP contribution in [0.3, 0.4) is 0 Å². The van der Waals surface area contributed by atoms with Crippen molar-refractivity contribution in [3.63, 3.8) is 0 Å². The normalized spacial score (nSPS) is 19.1. The van der Waals surface area contributed by atoms with Gasteiger partial charge in [0.2, 0.25) is 5.91 Å². The third kappa shape index (κ3) is 3.31. The molecule has 0 unspecified atom stereocenters. The molecule has 19 heavy (non-hydrogen) atoms. The number of nitriles is 1. The molecular weight excluding hydrogens is 242 g/mol. The summed E-state index contributed by atoms with van der Waals surface area (Å²) in [5.41, 5.74) is 0.991. The van der Waals surface area contributed by atoms with E-state index in [0.717, 1.165) is 19.4 Å². The average Bonchev–Trinajstić information content (AvgIpc) is 2.86. The van der Waals surface area contributed by atoms with E-state index in [9.17, 15) is 9.90 Å². The Morgan fingerprint density at radius 2 is 2.32 bits per heavy atom. The molecule has 1 fully saturated rings. The third-order valence-corrected chi connectivity index (χ3v) is 3.38.